The molecule has 2 atom stereocenters. The van der Waals surface area contributed by atoms with Gasteiger partial charge >= 0.3 is 0 Å². The lowest BCUT2D eigenvalue weighted by Crippen LogP contribution is -2.46. The highest BCUT2D eigenvalue weighted by molar-refractivity contribution is 7.86. The number of rotatable bonds is 7. The largest absolute Gasteiger partial charge is 0.289 e. The molecule has 2 unspecified atom stereocenters. The molecule has 1 aliphatic rings. The van der Waals surface area contributed by atoms with Gasteiger partial charge in [-0.15, -0.1) is 0 Å². The van der Waals surface area contributed by atoms with Crippen LogP contribution in [0, 0.1) is 0 Å². The molecule has 5 heteroatoms. The Labute approximate surface area is 156 Å². The molecule has 0 spiro atoms. The molecule has 0 amide bonds. The highest BCUT2D eigenvalue weighted by atomic mass is 32.2. The van der Waals surface area contributed by atoms with Crippen LogP contribution in [0.3, 0.4) is 0 Å². The molecule has 1 fully saturated rings. The number of nitrogens with zero attached hydrogens (tertiary/aromatic N) is 1. The van der Waals surface area contributed by atoms with Crippen molar-refractivity contribution >= 4 is 10.1 Å². The van der Waals surface area contributed by atoms with Gasteiger partial charge in [0, 0.05) is 19.1 Å². The summed E-state index contributed by atoms with van der Waals surface area (Å²) in [5, 5.41) is 0. The van der Waals surface area contributed by atoms with E-state index in [-0.39, 0.29) is 12.1 Å². The molecule has 0 bridgehead atoms. The van der Waals surface area contributed by atoms with E-state index in [4.69, 9.17) is 4.18 Å². The highest BCUT2D eigenvalue weighted by Gasteiger charge is 2.33. The minimum absolute atomic E-state index is 0.0962. The van der Waals surface area contributed by atoms with Crippen molar-refractivity contribution in [1.82, 2.24) is 4.90 Å². The summed E-state index contributed by atoms with van der Waals surface area (Å²) in [6.07, 6.45) is 4.75. The molecule has 0 N–H and O–H groups in total. The Kier molecular flexibility index (Phi) is 6.46. The molecule has 1 aliphatic carbocycles. The van der Waals surface area contributed by atoms with Crippen LogP contribution in [-0.4, -0.2) is 31.7 Å². The zero-order valence-corrected chi connectivity index (χ0v) is 16.1. The molecule has 0 saturated heterocycles. The average molecular weight is 374 g/mol. The average Bonchev–Trinajstić information content (AvgIpc) is 2.62. The van der Waals surface area contributed by atoms with Gasteiger partial charge < -0.3 is 0 Å². The standard InChI is InChI=1S/C21H27NO3S/c1-26(23,24)25-21-15-9-8-14-20(21)22(16-18-10-4-2-5-11-18)17-19-12-6-3-7-13-19/h2-7,10-13,20-21H,8-9,14-17H2,1H3. The summed E-state index contributed by atoms with van der Waals surface area (Å²) < 4.78 is 29.0. The molecule has 2 aromatic carbocycles. The van der Waals surface area contributed by atoms with E-state index in [1.807, 2.05) is 36.4 Å². The molecular weight excluding hydrogens is 346 g/mol. The molecule has 0 radical (unpaired) electrons. The van der Waals surface area contributed by atoms with Crippen molar-refractivity contribution in [2.75, 3.05) is 6.26 Å². The van der Waals surface area contributed by atoms with Gasteiger partial charge in [0.1, 0.15) is 0 Å². The van der Waals surface area contributed by atoms with Crippen LogP contribution in [0.25, 0.3) is 0 Å². The first kappa shape index (κ1) is 19.1. The number of hydrogen-bond donors (Lipinski definition) is 0. The van der Waals surface area contributed by atoms with E-state index in [9.17, 15) is 8.42 Å². The summed E-state index contributed by atoms with van der Waals surface area (Å²) in [5.74, 6) is 0. The lowest BCUT2D eigenvalue weighted by atomic mass is 9.90. The van der Waals surface area contributed by atoms with E-state index in [1.54, 1.807) is 0 Å². The summed E-state index contributed by atoms with van der Waals surface area (Å²) in [6.45, 7) is 1.56. The van der Waals surface area contributed by atoms with Crippen molar-refractivity contribution in [3.63, 3.8) is 0 Å². The third-order valence-electron chi connectivity index (χ3n) is 4.89. The fourth-order valence-electron chi connectivity index (χ4n) is 3.76. The van der Waals surface area contributed by atoms with Crippen LogP contribution in [0.1, 0.15) is 36.8 Å². The fourth-order valence-corrected chi connectivity index (χ4v) is 4.43. The molecule has 140 valence electrons. The van der Waals surface area contributed by atoms with Gasteiger partial charge in [0.2, 0.25) is 0 Å². The normalized spacial score (nSPS) is 21.0. The van der Waals surface area contributed by atoms with E-state index in [0.29, 0.717) is 0 Å². The van der Waals surface area contributed by atoms with Gasteiger partial charge in [0.25, 0.3) is 10.1 Å². The summed E-state index contributed by atoms with van der Waals surface area (Å²) in [7, 11) is -3.46. The van der Waals surface area contributed by atoms with Crippen LogP contribution >= 0.6 is 0 Å². The smallest absolute Gasteiger partial charge is 0.264 e. The summed E-state index contributed by atoms with van der Waals surface area (Å²) in [6, 6.07) is 20.8. The zero-order valence-electron chi connectivity index (χ0n) is 15.3. The van der Waals surface area contributed by atoms with Crippen LogP contribution in [-0.2, 0) is 27.4 Å². The maximum absolute atomic E-state index is 11.7. The predicted octanol–water partition coefficient (Wildman–Crippen LogP) is 3.98. The van der Waals surface area contributed by atoms with E-state index in [1.165, 1.54) is 11.1 Å². The second kappa shape index (κ2) is 8.80. The van der Waals surface area contributed by atoms with Crippen molar-refractivity contribution in [3.8, 4) is 0 Å². The SMILES string of the molecule is CS(=O)(=O)OC1CCCCC1N(Cc1ccccc1)Cc1ccccc1. The van der Waals surface area contributed by atoms with Gasteiger partial charge in [0.05, 0.1) is 12.4 Å². The van der Waals surface area contributed by atoms with Crippen molar-refractivity contribution in [2.45, 2.75) is 50.9 Å². The first-order valence-electron chi connectivity index (χ1n) is 9.21. The van der Waals surface area contributed by atoms with E-state index < -0.39 is 10.1 Å². The number of benzene rings is 2. The van der Waals surface area contributed by atoms with Crippen LogP contribution in [0.15, 0.2) is 60.7 Å². The lowest BCUT2D eigenvalue weighted by Gasteiger charge is -2.39. The molecular formula is C21H27NO3S. The van der Waals surface area contributed by atoms with Gasteiger partial charge in [-0.05, 0) is 24.0 Å². The molecule has 0 aliphatic heterocycles. The highest BCUT2D eigenvalue weighted by Crippen LogP contribution is 2.29. The molecule has 1 saturated carbocycles. The lowest BCUT2D eigenvalue weighted by molar-refractivity contribution is 0.0310. The third kappa shape index (κ3) is 5.66. The van der Waals surface area contributed by atoms with Gasteiger partial charge in [-0.3, -0.25) is 9.08 Å². The van der Waals surface area contributed by atoms with E-state index in [0.717, 1.165) is 45.0 Å². The van der Waals surface area contributed by atoms with E-state index in [2.05, 4.69) is 29.2 Å². The minimum Gasteiger partial charge on any atom is -0.289 e. The van der Waals surface area contributed by atoms with Gasteiger partial charge in [-0.25, -0.2) is 0 Å². The van der Waals surface area contributed by atoms with Crippen LogP contribution < -0.4 is 0 Å². The predicted molar refractivity (Wildman–Crippen MR) is 104 cm³/mol. The zero-order chi connectivity index (χ0) is 18.4. The Morgan fingerprint density at radius 3 is 1.88 bits per heavy atom. The second-order valence-electron chi connectivity index (χ2n) is 7.07. The quantitative estimate of drug-likeness (QED) is 0.689. The second-order valence-corrected chi connectivity index (χ2v) is 8.67. The Morgan fingerprint density at radius 1 is 0.885 bits per heavy atom. The van der Waals surface area contributed by atoms with Crippen molar-refractivity contribution in [1.29, 1.82) is 0 Å². The summed E-state index contributed by atoms with van der Waals surface area (Å²) in [4.78, 5) is 2.37. The first-order chi connectivity index (χ1) is 12.5. The molecule has 26 heavy (non-hydrogen) atoms. The van der Waals surface area contributed by atoms with Gasteiger partial charge in [-0.2, -0.15) is 8.42 Å². The topological polar surface area (TPSA) is 46.6 Å². The van der Waals surface area contributed by atoms with Crippen LogP contribution in [0.5, 0.6) is 0 Å². The van der Waals surface area contributed by atoms with Crippen molar-refractivity contribution in [3.05, 3.63) is 71.8 Å². The molecule has 0 aromatic heterocycles. The van der Waals surface area contributed by atoms with Gasteiger partial charge in [0.15, 0.2) is 0 Å². The molecule has 4 nitrogen and oxygen atoms in total. The van der Waals surface area contributed by atoms with Crippen molar-refractivity contribution < 1.29 is 12.6 Å². The maximum Gasteiger partial charge on any atom is 0.264 e. The Morgan fingerprint density at radius 2 is 1.38 bits per heavy atom. The van der Waals surface area contributed by atoms with Crippen LogP contribution in [0.4, 0.5) is 0 Å². The monoisotopic (exact) mass is 373 g/mol. The Bertz CT molecular complexity index is 736. The fraction of sp³-hybridized carbons (Fsp3) is 0.429. The Balaban J connectivity index is 1.84. The third-order valence-corrected chi connectivity index (χ3v) is 5.49. The van der Waals surface area contributed by atoms with Crippen LogP contribution in [0.2, 0.25) is 0 Å². The van der Waals surface area contributed by atoms with E-state index >= 15 is 0 Å². The number of hydrogen-bond acceptors (Lipinski definition) is 4. The Hall–Kier alpha value is -1.69. The van der Waals surface area contributed by atoms with Gasteiger partial charge in [-0.1, -0.05) is 73.5 Å². The summed E-state index contributed by atoms with van der Waals surface area (Å²) >= 11 is 0. The minimum atomic E-state index is -3.46. The molecule has 0 heterocycles. The molecule has 3 rings (SSSR count). The maximum atomic E-state index is 11.7. The van der Waals surface area contributed by atoms with Crippen molar-refractivity contribution in [2.24, 2.45) is 0 Å². The molecule has 2 aromatic rings. The first-order valence-corrected chi connectivity index (χ1v) is 11.0. The summed E-state index contributed by atoms with van der Waals surface area (Å²) in [5.41, 5.74) is 2.46.